The van der Waals surface area contributed by atoms with E-state index in [1.807, 2.05) is 0 Å². The van der Waals surface area contributed by atoms with Gasteiger partial charge in [0.1, 0.15) is 0 Å². The minimum Gasteiger partial charge on any atom is -0.0887 e. The van der Waals surface area contributed by atoms with Crippen LogP contribution in [-0.4, -0.2) is 4.83 Å². The third kappa shape index (κ3) is 0.811. The molecule has 0 radical (unpaired) electrons. The van der Waals surface area contributed by atoms with E-state index in [0.717, 1.165) is 28.5 Å². The molecule has 62 valence electrons. The molecule has 5 atom stereocenters. The molecule has 0 aromatic rings. The van der Waals surface area contributed by atoms with Gasteiger partial charge in [-0.25, -0.2) is 0 Å². The Morgan fingerprint density at radius 3 is 2.64 bits per heavy atom. The van der Waals surface area contributed by atoms with Crippen LogP contribution in [0.2, 0.25) is 0 Å². The van der Waals surface area contributed by atoms with Crippen molar-refractivity contribution in [2.45, 2.75) is 36.9 Å². The maximum atomic E-state index is 3.83. The Kier molecular flexibility index (Phi) is 1.42. The minimum atomic E-state index is 0.895. The molecular weight excluding hydrogens is 200 g/mol. The molecule has 11 heavy (non-hydrogen) atoms. The number of hydrogen-bond acceptors (Lipinski definition) is 0. The molecule has 0 aliphatic heterocycles. The molecule has 0 saturated heterocycles. The summed E-state index contributed by atoms with van der Waals surface area (Å²) in [5.74, 6) is 4.50. The molecule has 3 rings (SSSR count). The van der Waals surface area contributed by atoms with Gasteiger partial charge in [-0.2, -0.15) is 0 Å². The van der Waals surface area contributed by atoms with Gasteiger partial charge in [0.05, 0.1) is 0 Å². The van der Waals surface area contributed by atoms with Gasteiger partial charge in [0.15, 0.2) is 0 Å². The second kappa shape index (κ2) is 2.25. The fourth-order valence-electron chi connectivity index (χ4n) is 3.98. The number of rotatable bonds is 0. The van der Waals surface area contributed by atoms with Crippen molar-refractivity contribution in [3.63, 3.8) is 0 Å². The molecule has 0 N–H and O–H groups in total. The molecule has 1 heteroatoms. The van der Waals surface area contributed by atoms with E-state index >= 15 is 0 Å². The third-order valence-corrected chi connectivity index (χ3v) is 5.40. The van der Waals surface area contributed by atoms with Crippen molar-refractivity contribution in [1.82, 2.24) is 0 Å². The highest BCUT2D eigenvalue weighted by molar-refractivity contribution is 9.09. The molecule has 3 saturated carbocycles. The van der Waals surface area contributed by atoms with Crippen LogP contribution in [0.5, 0.6) is 0 Å². The Hall–Kier alpha value is 0.480. The molecule has 3 unspecified atom stereocenters. The molecule has 0 amide bonds. The van der Waals surface area contributed by atoms with Gasteiger partial charge in [0, 0.05) is 4.83 Å². The summed E-state index contributed by atoms with van der Waals surface area (Å²) in [6.45, 7) is 0. The molecule has 2 bridgehead atoms. The Morgan fingerprint density at radius 1 is 0.909 bits per heavy atom. The zero-order valence-corrected chi connectivity index (χ0v) is 8.39. The van der Waals surface area contributed by atoms with Crippen LogP contribution in [0.25, 0.3) is 0 Å². The van der Waals surface area contributed by atoms with Crippen LogP contribution in [-0.2, 0) is 0 Å². The van der Waals surface area contributed by atoms with Crippen LogP contribution in [0.4, 0.5) is 0 Å². The summed E-state index contributed by atoms with van der Waals surface area (Å²) in [4.78, 5) is 0.895. The van der Waals surface area contributed by atoms with Gasteiger partial charge in [-0.3, -0.25) is 0 Å². The van der Waals surface area contributed by atoms with Crippen molar-refractivity contribution in [2.75, 3.05) is 0 Å². The van der Waals surface area contributed by atoms with Crippen LogP contribution >= 0.6 is 15.9 Å². The van der Waals surface area contributed by atoms with E-state index < -0.39 is 0 Å². The van der Waals surface area contributed by atoms with Gasteiger partial charge in [-0.05, 0) is 49.4 Å². The molecule has 0 aromatic carbocycles. The molecule has 0 spiro atoms. The lowest BCUT2D eigenvalue weighted by Crippen LogP contribution is -2.24. The van der Waals surface area contributed by atoms with Gasteiger partial charge < -0.3 is 0 Å². The number of halogens is 1. The van der Waals surface area contributed by atoms with Crippen molar-refractivity contribution in [1.29, 1.82) is 0 Å². The normalized spacial score (nSPS) is 60.3. The van der Waals surface area contributed by atoms with E-state index in [0.29, 0.717) is 0 Å². The lowest BCUT2D eigenvalue weighted by atomic mass is 9.82. The maximum absolute atomic E-state index is 3.83. The van der Waals surface area contributed by atoms with Gasteiger partial charge in [0.2, 0.25) is 0 Å². The van der Waals surface area contributed by atoms with Crippen LogP contribution in [0, 0.1) is 23.7 Å². The smallest absolute Gasteiger partial charge is 0.0179 e. The van der Waals surface area contributed by atoms with Crippen LogP contribution < -0.4 is 0 Å². The third-order valence-electron chi connectivity index (χ3n) is 4.35. The zero-order chi connectivity index (χ0) is 7.42. The average molecular weight is 215 g/mol. The number of hydrogen-bond donors (Lipinski definition) is 0. The second-order valence-corrected chi connectivity index (χ2v) is 5.85. The second-order valence-electron chi connectivity index (χ2n) is 4.67. The standard InChI is InChI=1S/C10H15Br/c11-10-5-6-4-9(10)8-3-1-2-7(6)8/h6-10H,1-5H2/t6-,7?,8?,9-,10?/m1/s1. The van der Waals surface area contributed by atoms with Crippen LogP contribution in [0.3, 0.4) is 0 Å². The summed E-state index contributed by atoms with van der Waals surface area (Å²) in [5, 5.41) is 0. The van der Waals surface area contributed by atoms with Crippen LogP contribution in [0.1, 0.15) is 32.1 Å². The predicted octanol–water partition coefficient (Wildman–Crippen LogP) is 3.21. The Bertz CT molecular complexity index is 178. The lowest BCUT2D eigenvalue weighted by Gasteiger charge is -2.27. The van der Waals surface area contributed by atoms with Gasteiger partial charge >= 0.3 is 0 Å². The summed E-state index contributed by atoms with van der Waals surface area (Å²) >= 11 is 3.83. The lowest BCUT2D eigenvalue weighted by molar-refractivity contribution is 0.268. The van der Waals surface area contributed by atoms with Gasteiger partial charge in [0.25, 0.3) is 0 Å². The first-order valence-electron chi connectivity index (χ1n) is 5.00. The Morgan fingerprint density at radius 2 is 1.73 bits per heavy atom. The first-order chi connectivity index (χ1) is 5.36. The molecule has 3 aliphatic rings. The molecule has 0 heterocycles. The highest BCUT2D eigenvalue weighted by Crippen LogP contribution is 2.60. The first kappa shape index (κ1) is 6.94. The van der Waals surface area contributed by atoms with Crippen molar-refractivity contribution in [3.05, 3.63) is 0 Å². The Labute approximate surface area is 76.9 Å². The molecule has 3 fully saturated rings. The number of alkyl halides is 1. The van der Waals surface area contributed by atoms with E-state index in [9.17, 15) is 0 Å². The van der Waals surface area contributed by atoms with E-state index in [1.165, 1.54) is 12.8 Å². The molecule has 0 aromatic heterocycles. The zero-order valence-electron chi connectivity index (χ0n) is 6.80. The van der Waals surface area contributed by atoms with Gasteiger partial charge in [-0.15, -0.1) is 0 Å². The van der Waals surface area contributed by atoms with E-state index in [1.54, 1.807) is 19.3 Å². The quantitative estimate of drug-likeness (QED) is 0.544. The molecule has 3 aliphatic carbocycles. The number of fused-ring (bicyclic) bond motifs is 5. The van der Waals surface area contributed by atoms with Crippen molar-refractivity contribution < 1.29 is 0 Å². The fourth-order valence-corrected chi connectivity index (χ4v) is 5.07. The summed E-state index contributed by atoms with van der Waals surface area (Å²) in [6, 6.07) is 0. The monoisotopic (exact) mass is 214 g/mol. The summed E-state index contributed by atoms with van der Waals surface area (Å²) < 4.78 is 0. The van der Waals surface area contributed by atoms with Crippen LogP contribution in [0.15, 0.2) is 0 Å². The summed E-state index contributed by atoms with van der Waals surface area (Å²) in [5.41, 5.74) is 0. The Balaban J connectivity index is 1.90. The topological polar surface area (TPSA) is 0 Å². The summed E-state index contributed by atoms with van der Waals surface area (Å²) in [7, 11) is 0. The van der Waals surface area contributed by atoms with Crippen molar-refractivity contribution >= 4 is 15.9 Å². The highest BCUT2D eigenvalue weighted by atomic mass is 79.9. The minimum absolute atomic E-state index is 0.895. The maximum Gasteiger partial charge on any atom is 0.0179 e. The van der Waals surface area contributed by atoms with E-state index in [-0.39, 0.29) is 0 Å². The largest absolute Gasteiger partial charge is 0.0887 e. The van der Waals surface area contributed by atoms with E-state index in [4.69, 9.17) is 0 Å². The predicted molar refractivity (Wildman–Crippen MR) is 49.8 cm³/mol. The highest BCUT2D eigenvalue weighted by Gasteiger charge is 2.52. The van der Waals surface area contributed by atoms with E-state index in [2.05, 4.69) is 15.9 Å². The van der Waals surface area contributed by atoms with Crippen molar-refractivity contribution in [2.24, 2.45) is 23.7 Å². The molecule has 0 nitrogen and oxygen atoms in total. The van der Waals surface area contributed by atoms with Crippen molar-refractivity contribution in [3.8, 4) is 0 Å². The summed E-state index contributed by atoms with van der Waals surface area (Å²) in [6.07, 6.45) is 7.69. The fraction of sp³-hybridized carbons (Fsp3) is 1.00. The first-order valence-corrected chi connectivity index (χ1v) is 5.92. The van der Waals surface area contributed by atoms with Gasteiger partial charge in [-0.1, -0.05) is 22.4 Å². The SMILES string of the molecule is BrC1C[C@H]2C[C@@H]1C1CCCC12. The molecular formula is C10H15Br. The average Bonchev–Trinajstić information content (AvgIpc) is 2.52.